The van der Waals surface area contributed by atoms with Gasteiger partial charge in [-0.15, -0.1) is 0 Å². The third-order valence-corrected chi connectivity index (χ3v) is 1.92. The first kappa shape index (κ1) is 6.38. The van der Waals surface area contributed by atoms with Gasteiger partial charge in [-0.05, 0) is 20.3 Å². The molecule has 0 N–H and O–H groups in total. The summed E-state index contributed by atoms with van der Waals surface area (Å²) in [5.74, 6) is -0.361. The molecule has 2 atom stereocenters. The van der Waals surface area contributed by atoms with Crippen molar-refractivity contribution in [3.63, 3.8) is 0 Å². The molecule has 2 nitrogen and oxygen atoms in total. The second-order valence-electron chi connectivity index (χ2n) is 3.30. The van der Waals surface area contributed by atoms with Gasteiger partial charge in [-0.1, -0.05) is 12.2 Å². The minimum atomic E-state index is -0.361. The summed E-state index contributed by atoms with van der Waals surface area (Å²) in [6.07, 6.45) is 5.71. The highest BCUT2D eigenvalue weighted by molar-refractivity contribution is 5.07. The number of ether oxygens (including phenoxy) is 2. The fourth-order valence-electron chi connectivity index (χ4n) is 1.56. The maximum atomic E-state index is 5.59. The fraction of sp³-hybridized carbons (Fsp3) is 0.750. The summed E-state index contributed by atoms with van der Waals surface area (Å²) >= 11 is 0. The molecule has 1 heterocycles. The molecule has 0 bridgehead atoms. The van der Waals surface area contributed by atoms with E-state index in [1.807, 2.05) is 13.8 Å². The van der Waals surface area contributed by atoms with Gasteiger partial charge in [0.05, 0.1) is 6.10 Å². The number of hydrogen-bond acceptors (Lipinski definition) is 2. The highest BCUT2D eigenvalue weighted by atomic mass is 16.7. The van der Waals surface area contributed by atoms with Crippen molar-refractivity contribution in [1.82, 2.24) is 0 Å². The minimum Gasteiger partial charge on any atom is -0.344 e. The molecule has 2 rings (SSSR count). The van der Waals surface area contributed by atoms with E-state index >= 15 is 0 Å². The van der Waals surface area contributed by atoms with Gasteiger partial charge in [-0.25, -0.2) is 0 Å². The van der Waals surface area contributed by atoms with Crippen LogP contribution in [0, 0.1) is 0 Å². The molecule has 2 aliphatic rings. The molecular weight excluding hydrogens is 128 g/mol. The maximum absolute atomic E-state index is 5.59. The average Bonchev–Trinajstić information content (AvgIpc) is 2.20. The number of rotatable bonds is 0. The molecule has 0 amide bonds. The first-order valence-electron chi connectivity index (χ1n) is 3.70. The normalized spacial score (nSPS) is 42.2. The Bertz CT molecular complexity index is 172. The van der Waals surface area contributed by atoms with Crippen LogP contribution in [-0.4, -0.2) is 18.0 Å². The van der Waals surface area contributed by atoms with Gasteiger partial charge in [0.1, 0.15) is 6.10 Å². The van der Waals surface area contributed by atoms with E-state index in [1.165, 1.54) is 0 Å². The molecule has 0 aromatic heterocycles. The van der Waals surface area contributed by atoms with Crippen LogP contribution in [0.1, 0.15) is 20.3 Å². The van der Waals surface area contributed by atoms with Crippen molar-refractivity contribution in [2.24, 2.45) is 0 Å². The van der Waals surface area contributed by atoms with Crippen LogP contribution in [0.15, 0.2) is 12.2 Å². The van der Waals surface area contributed by atoms with Crippen LogP contribution in [0.2, 0.25) is 0 Å². The van der Waals surface area contributed by atoms with Crippen LogP contribution in [0.3, 0.4) is 0 Å². The van der Waals surface area contributed by atoms with Crippen molar-refractivity contribution in [3.05, 3.63) is 12.2 Å². The molecule has 0 spiro atoms. The quantitative estimate of drug-likeness (QED) is 0.474. The summed E-state index contributed by atoms with van der Waals surface area (Å²) in [6.45, 7) is 3.92. The van der Waals surface area contributed by atoms with E-state index in [0.717, 1.165) is 6.42 Å². The van der Waals surface area contributed by atoms with Gasteiger partial charge in [0.15, 0.2) is 5.79 Å². The predicted molar refractivity (Wildman–Crippen MR) is 37.6 cm³/mol. The lowest BCUT2D eigenvalue weighted by molar-refractivity contribution is -0.143. The lowest BCUT2D eigenvalue weighted by Crippen LogP contribution is -2.21. The van der Waals surface area contributed by atoms with Crippen molar-refractivity contribution in [2.45, 2.75) is 38.3 Å². The second kappa shape index (κ2) is 1.83. The first-order valence-corrected chi connectivity index (χ1v) is 3.70. The Morgan fingerprint density at radius 3 is 2.90 bits per heavy atom. The summed E-state index contributed by atoms with van der Waals surface area (Å²) < 4.78 is 11.2. The van der Waals surface area contributed by atoms with E-state index in [0.29, 0.717) is 0 Å². The molecule has 56 valence electrons. The van der Waals surface area contributed by atoms with E-state index in [2.05, 4.69) is 12.2 Å². The molecule has 1 aliphatic carbocycles. The lowest BCUT2D eigenvalue weighted by atomic mass is 10.2. The molecule has 1 aliphatic heterocycles. The molecule has 0 unspecified atom stereocenters. The summed E-state index contributed by atoms with van der Waals surface area (Å²) in [4.78, 5) is 0. The van der Waals surface area contributed by atoms with Crippen LogP contribution in [0.5, 0.6) is 0 Å². The summed E-state index contributed by atoms with van der Waals surface area (Å²) in [6, 6.07) is 0. The van der Waals surface area contributed by atoms with Crippen molar-refractivity contribution in [3.8, 4) is 0 Å². The Labute approximate surface area is 60.8 Å². The van der Waals surface area contributed by atoms with Crippen molar-refractivity contribution in [1.29, 1.82) is 0 Å². The monoisotopic (exact) mass is 140 g/mol. The molecule has 0 radical (unpaired) electrons. The standard InChI is InChI=1S/C8H12O2/c1-8(2)9-6-4-3-5-7(6)10-8/h3-4,6-7H,5H2,1-2H3/t6-,7+/m1/s1. The second-order valence-corrected chi connectivity index (χ2v) is 3.30. The fourth-order valence-corrected chi connectivity index (χ4v) is 1.56. The molecule has 0 aromatic carbocycles. The Balaban J connectivity index is 2.13. The Morgan fingerprint density at radius 1 is 1.40 bits per heavy atom. The van der Waals surface area contributed by atoms with Gasteiger partial charge in [0.2, 0.25) is 0 Å². The van der Waals surface area contributed by atoms with Crippen molar-refractivity contribution in [2.75, 3.05) is 0 Å². The SMILES string of the molecule is CC1(C)O[C@H]2CC=C[C@H]2O1. The van der Waals surface area contributed by atoms with E-state index in [4.69, 9.17) is 9.47 Å². The Hall–Kier alpha value is -0.340. The van der Waals surface area contributed by atoms with Gasteiger partial charge in [-0.2, -0.15) is 0 Å². The topological polar surface area (TPSA) is 18.5 Å². The molecule has 0 saturated carbocycles. The number of fused-ring (bicyclic) bond motifs is 1. The van der Waals surface area contributed by atoms with Gasteiger partial charge in [-0.3, -0.25) is 0 Å². The zero-order valence-electron chi connectivity index (χ0n) is 6.33. The summed E-state index contributed by atoms with van der Waals surface area (Å²) in [5.41, 5.74) is 0. The highest BCUT2D eigenvalue weighted by Crippen LogP contribution is 2.33. The van der Waals surface area contributed by atoms with Crippen molar-refractivity contribution < 1.29 is 9.47 Å². The highest BCUT2D eigenvalue weighted by Gasteiger charge is 2.41. The zero-order valence-corrected chi connectivity index (χ0v) is 6.33. The molecule has 1 fully saturated rings. The largest absolute Gasteiger partial charge is 0.344 e. The maximum Gasteiger partial charge on any atom is 0.164 e. The van der Waals surface area contributed by atoms with Crippen LogP contribution >= 0.6 is 0 Å². The van der Waals surface area contributed by atoms with E-state index < -0.39 is 0 Å². The number of hydrogen-bond donors (Lipinski definition) is 0. The third-order valence-electron chi connectivity index (χ3n) is 1.92. The smallest absolute Gasteiger partial charge is 0.164 e. The summed E-state index contributed by atoms with van der Waals surface area (Å²) in [5, 5.41) is 0. The van der Waals surface area contributed by atoms with Crippen molar-refractivity contribution >= 4 is 0 Å². The zero-order chi connectivity index (χ0) is 7.19. The predicted octanol–water partition coefficient (Wildman–Crippen LogP) is 1.47. The van der Waals surface area contributed by atoms with Gasteiger partial charge < -0.3 is 9.47 Å². The molecule has 0 aromatic rings. The Morgan fingerprint density at radius 2 is 2.20 bits per heavy atom. The van der Waals surface area contributed by atoms with Gasteiger partial charge >= 0.3 is 0 Å². The molecule has 10 heavy (non-hydrogen) atoms. The van der Waals surface area contributed by atoms with Crippen LogP contribution in [0.25, 0.3) is 0 Å². The van der Waals surface area contributed by atoms with Crippen LogP contribution < -0.4 is 0 Å². The third kappa shape index (κ3) is 0.879. The molecule has 2 heteroatoms. The van der Waals surface area contributed by atoms with Gasteiger partial charge in [0.25, 0.3) is 0 Å². The molecular formula is C8H12O2. The summed E-state index contributed by atoms with van der Waals surface area (Å²) in [7, 11) is 0. The van der Waals surface area contributed by atoms with Gasteiger partial charge in [0, 0.05) is 0 Å². The van der Waals surface area contributed by atoms with Crippen LogP contribution in [-0.2, 0) is 9.47 Å². The Kier molecular flexibility index (Phi) is 1.17. The lowest BCUT2D eigenvalue weighted by Gasteiger charge is -2.16. The minimum absolute atomic E-state index is 0.218. The van der Waals surface area contributed by atoms with Crippen LogP contribution in [0.4, 0.5) is 0 Å². The van der Waals surface area contributed by atoms with E-state index in [1.54, 1.807) is 0 Å². The molecule has 1 saturated heterocycles. The van der Waals surface area contributed by atoms with E-state index in [9.17, 15) is 0 Å². The first-order chi connectivity index (χ1) is 4.67. The van der Waals surface area contributed by atoms with E-state index in [-0.39, 0.29) is 18.0 Å². The average molecular weight is 140 g/mol.